The Bertz CT molecular complexity index is 243. The molecule has 0 saturated heterocycles. The van der Waals surface area contributed by atoms with Gasteiger partial charge in [-0.05, 0) is 24.3 Å². The van der Waals surface area contributed by atoms with E-state index < -0.39 is 0 Å². The van der Waals surface area contributed by atoms with Gasteiger partial charge in [-0.15, -0.1) is 11.6 Å². The molecule has 2 atom stereocenters. The molecule has 0 nitrogen and oxygen atoms in total. The predicted octanol–water partition coefficient (Wildman–Crippen LogP) is 4.59. The summed E-state index contributed by atoms with van der Waals surface area (Å²) in [6.07, 6.45) is 3.39. The maximum atomic E-state index is 6.38. The number of hydrogen-bond acceptors (Lipinski definition) is 0. The molecule has 0 heterocycles. The molecule has 0 saturated carbocycles. The minimum absolute atomic E-state index is 0.285. The lowest BCUT2D eigenvalue weighted by molar-refractivity contribution is 0.578. The van der Waals surface area contributed by atoms with Gasteiger partial charge < -0.3 is 0 Å². The Morgan fingerprint density at radius 3 is 2.29 bits per heavy atom. The summed E-state index contributed by atoms with van der Waals surface area (Å²) < 4.78 is 0. The standard InChI is InChI=1S/C13H19Cl/c1-3-8-13(14)12(4-2)11-9-6-5-7-10-11/h5-7,9-10,12-13H,3-4,8H2,1-2H3. The van der Waals surface area contributed by atoms with E-state index in [1.165, 1.54) is 5.56 Å². The lowest BCUT2D eigenvalue weighted by Crippen LogP contribution is -2.11. The second kappa shape index (κ2) is 6.08. The van der Waals surface area contributed by atoms with Crippen LogP contribution in [0.1, 0.15) is 44.6 Å². The fraction of sp³-hybridized carbons (Fsp3) is 0.538. The van der Waals surface area contributed by atoms with Gasteiger partial charge in [0, 0.05) is 5.38 Å². The van der Waals surface area contributed by atoms with Crippen LogP contribution >= 0.6 is 11.6 Å². The van der Waals surface area contributed by atoms with Crippen LogP contribution < -0.4 is 0 Å². The lowest BCUT2D eigenvalue weighted by atomic mass is 9.91. The maximum Gasteiger partial charge on any atom is 0.0404 e. The van der Waals surface area contributed by atoms with E-state index in [4.69, 9.17) is 11.6 Å². The van der Waals surface area contributed by atoms with Gasteiger partial charge in [-0.1, -0.05) is 50.6 Å². The van der Waals surface area contributed by atoms with Crippen molar-refractivity contribution in [3.05, 3.63) is 35.9 Å². The van der Waals surface area contributed by atoms with E-state index in [2.05, 4.69) is 44.2 Å². The first-order valence-corrected chi connectivity index (χ1v) is 5.92. The summed E-state index contributed by atoms with van der Waals surface area (Å²) >= 11 is 6.38. The summed E-state index contributed by atoms with van der Waals surface area (Å²) in [5.41, 5.74) is 1.38. The van der Waals surface area contributed by atoms with Crippen molar-refractivity contribution in [3.8, 4) is 0 Å². The Morgan fingerprint density at radius 1 is 1.14 bits per heavy atom. The number of hydrogen-bond donors (Lipinski definition) is 0. The van der Waals surface area contributed by atoms with Gasteiger partial charge in [-0.25, -0.2) is 0 Å². The molecular formula is C13H19Cl. The topological polar surface area (TPSA) is 0 Å². The summed E-state index contributed by atoms with van der Waals surface area (Å²) in [7, 11) is 0. The van der Waals surface area contributed by atoms with Crippen molar-refractivity contribution in [2.24, 2.45) is 0 Å². The van der Waals surface area contributed by atoms with Gasteiger partial charge in [-0.2, -0.15) is 0 Å². The van der Waals surface area contributed by atoms with Crippen LogP contribution in [-0.4, -0.2) is 5.38 Å². The average Bonchev–Trinajstić information content (AvgIpc) is 2.21. The first-order valence-electron chi connectivity index (χ1n) is 5.48. The molecule has 0 amide bonds. The molecule has 0 aromatic heterocycles. The first-order chi connectivity index (χ1) is 6.79. The number of alkyl halides is 1. The van der Waals surface area contributed by atoms with Crippen LogP contribution in [0.2, 0.25) is 0 Å². The molecule has 0 N–H and O–H groups in total. The van der Waals surface area contributed by atoms with Crippen molar-refractivity contribution in [2.75, 3.05) is 0 Å². The zero-order valence-corrected chi connectivity index (χ0v) is 9.80. The molecule has 1 heteroatoms. The molecule has 0 aliphatic heterocycles. The highest BCUT2D eigenvalue weighted by Gasteiger charge is 2.17. The number of rotatable bonds is 5. The van der Waals surface area contributed by atoms with E-state index >= 15 is 0 Å². The SMILES string of the molecule is CCCC(Cl)C(CC)c1ccccc1. The molecule has 0 aliphatic carbocycles. The number of benzene rings is 1. The molecule has 1 aromatic carbocycles. The summed E-state index contributed by atoms with van der Waals surface area (Å²) in [6.45, 7) is 4.40. The molecule has 0 aliphatic rings. The van der Waals surface area contributed by atoms with Crippen LogP contribution in [0.4, 0.5) is 0 Å². The molecule has 2 unspecified atom stereocenters. The summed E-state index contributed by atoms with van der Waals surface area (Å²) in [6, 6.07) is 10.6. The first kappa shape index (κ1) is 11.6. The second-order valence-corrected chi connectivity index (χ2v) is 4.29. The Hall–Kier alpha value is -0.490. The fourth-order valence-corrected chi connectivity index (χ4v) is 2.42. The van der Waals surface area contributed by atoms with Gasteiger partial charge in [-0.3, -0.25) is 0 Å². The van der Waals surface area contributed by atoms with Crippen LogP contribution in [0.3, 0.4) is 0 Å². The largest absolute Gasteiger partial charge is 0.122 e. The minimum Gasteiger partial charge on any atom is -0.122 e. The van der Waals surface area contributed by atoms with E-state index in [-0.39, 0.29) is 5.38 Å². The molecule has 78 valence electrons. The van der Waals surface area contributed by atoms with Crippen molar-refractivity contribution < 1.29 is 0 Å². The van der Waals surface area contributed by atoms with Crippen molar-refractivity contribution in [1.29, 1.82) is 0 Å². The molecule has 1 rings (SSSR count). The van der Waals surface area contributed by atoms with E-state index in [1.54, 1.807) is 0 Å². The van der Waals surface area contributed by atoms with Crippen molar-refractivity contribution >= 4 is 11.6 Å². The van der Waals surface area contributed by atoms with Crippen molar-refractivity contribution in [1.82, 2.24) is 0 Å². The number of halogens is 1. The van der Waals surface area contributed by atoms with Gasteiger partial charge in [0.2, 0.25) is 0 Å². The highest BCUT2D eigenvalue weighted by Crippen LogP contribution is 2.29. The van der Waals surface area contributed by atoms with E-state index in [0.29, 0.717) is 5.92 Å². The smallest absolute Gasteiger partial charge is 0.0404 e. The Kier molecular flexibility index (Phi) is 5.03. The Labute approximate surface area is 92.3 Å². The molecule has 0 radical (unpaired) electrons. The van der Waals surface area contributed by atoms with E-state index in [9.17, 15) is 0 Å². The van der Waals surface area contributed by atoms with Crippen LogP contribution in [0.15, 0.2) is 30.3 Å². The summed E-state index contributed by atoms with van der Waals surface area (Å²) in [5, 5.41) is 0.285. The third kappa shape index (κ3) is 3.02. The Morgan fingerprint density at radius 2 is 1.79 bits per heavy atom. The molecule has 0 spiro atoms. The molecule has 14 heavy (non-hydrogen) atoms. The van der Waals surface area contributed by atoms with Gasteiger partial charge in [0.1, 0.15) is 0 Å². The van der Waals surface area contributed by atoms with Crippen molar-refractivity contribution in [2.45, 2.75) is 44.4 Å². The lowest BCUT2D eigenvalue weighted by Gasteiger charge is -2.20. The maximum absolute atomic E-state index is 6.38. The predicted molar refractivity (Wildman–Crippen MR) is 64.0 cm³/mol. The van der Waals surface area contributed by atoms with Crippen LogP contribution in [0, 0.1) is 0 Å². The molecular weight excluding hydrogens is 192 g/mol. The monoisotopic (exact) mass is 210 g/mol. The average molecular weight is 211 g/mol. The van der Waals surface area contributed by atoms with Gasteiger partial charge in [0.15, 0.2) is 0 Å². The van der Waals surface area contributed by atoms with Crippen LogP contribution in [-0.2, 0) is 0 Å². The molecule has 0 fully saturated rings. The zero-order chi connectivity index (χ0) is 10.4. The van der Waals surface area contributed by atoms with Gasteiger partial charge >= 0.3 is 0 Å². The van der Waals surface area contributed by atoms with Crippen LogP contribution in [0.5, 0.6) is 0 Å². The third-order valence-corrected chi connectivity index (χ3v) is 3.19. The van der Waals surface area contributed by atoms with E-state index in [1.807, 2.05) is 0 Å². The van der Waals surface area contributed by atoms with E-state index in [0.717, 1.165) is 19.3 Å². The highest BCUT2D eigenvalue weighted by atomic mass is 35.5. The summed E-state index contributed by atoms with van der Waals surface area (Å²) in [4.78, 5) is 0. The third-order valence-electron chi connectivity index (χ3n) is 2.67. The zero-order valence-electron chi connectivity index (χ0n) is 9.04. The van der Waals surface area contributed by atoms with Gasteiger partial charge in [0.05, 0.1) is 0 Å². The molecule has 1 aromatic rings. The second-order valence-electron chi connectivity index (χ2n) is 3.73. The Balaban J connectivity index is 2.71. The van der Waals surface area contributed by atoms with Gasteiger partial charge in [0.25, 0.3) is 0 Å². The minimum atomic E-state index is 0.285. The molecule has 0 bridgehead atoms. The van der Waals surface area contributed by atoms with Crippen LogP contribution in [0.25, 0.3) is 0 Å². The fourth-order valence-electron chi connectivity index (χ4n) is 1.88. The quantitative estimate of drug-likeness (QED) is 0.624. The summed E-state index contributed by atoms with van der Waals surface area (Å²) in [5.74, 6) is 0.512. The normalized spacial score (nSPS) is 15.1. The highest BCUT2D eigenvalue weighted by molar-refractivity contribution is 6.21. The van der Waals surface area contributed by atoms with Crippen molar-refractivity contribution in [3.63, 3.8) is 0 Å².